The third-order valence-electron chi connectivity index (χ3n) is 6.67. The maximum atomic E-state index is 12.8. The predicted molar refractivity (Wildman–Crippen MR) is 98.5 cm³/mol. The molecule has 1 aromatic carbocycles. The molecule has 26 heavy (non-hydrogen) atoms. The van der Waals surface area contributed by atoms with Crippen LogP contribution in [0.4, 0.5) is 0 Å². The number of nitrogens with zero attached hydrogens (tertiary/aromatic N) is 1. The van der Waals surface area contributed by atoms with Gasteiger partial charge in [0.15, 0.2) is 0 Å². The van der Waals surface area contributed by atoms with Gasteiger partial charge in [-0.25, -0.2) is 0 Å². The smallest absolute Gasteiger partial charge is 0.308 e. The van der Waals surface area contributed by atoms with E-state index in [0.29, 0.717) is 18.9 Å². The minimum Gasteiger partial charge on any atom is -0.481 e. The van der Waals surface area contributed by atoms with Crippen molar-refractivity contribution in [1.29, 1.82) is 0 Å². The molecule has 2 aliphatic heterocycles. The Morgan fingerprint density at radius 3 is 2.50 bits per heavy atom. The van der Waals surface area contributed by atoms with E-state index in [4.69, 9.17) is 0 Å². The van der Waals surface area contributed by atoms with Gasteiger partial charge in [-0.15, -0.1) is 0 Å². The fraction of sp³-hybridized carbons (Fsp3) is 0.619. The molecule has 5 heteroatoms. The lowest BCUT2D eigenvalue weighted by atomic mass is 9.89. The highest BCUT2D eigenvalue weighted by Crippen LogP contribution is 2.41. The molecule has 1 aromatic rings. The van der Waals surface area contributed by atoms with Crippen LogP contribution < -0.4 is 5.32 Å². The van der Waals surface area contributed by atoms with E-state index in [1.54, 1.807) is 0 Å². The van der Waals surface area contributed by atoms with Crippen molar-refractivity contribution in [3.05, 3.63) is 35.9 Å². The Bertz CT molecular complexity index is 656. The third kappa shape index (κ3) is 3.37. The molecule has 3 aliphatic rings. The lowest BCUT2D eigenvalue weighted by molar-refractivity contribution is -0.143. The van der Waals surface area contributed by atoms with Crippen molar-refractivity contribution in [2.45, 2.75) is 63.1 Å². The summed E-state index contributed by atoms with van der Waals surface area (Å²) in [4.78, 5) is 26.4. The molecule has 1 amide bonds. The zero-order valence-corrected chi connectivity index (χ0v) is 15.1. The van der Waals surface area contributed by atoms with Gasteiger partial charge >= 0.3 is 5.97 Å². The Morgan fingerprint density at radius 2 is 1.85 bits per heavy atom. The first-order chi connectivity index (χ1) is 12.6. The summed E-state index contributed by atoms with van der Waals surface area (Å²) in [5, 5.41) is 12.7. The van der Waals surface area contributed by atoms with Crippen molar-refractivity contribution in [1.82, 2.24) is 10.2 Å². The number of hydrogen-bond donors (Lipinski definition) is 2. The molecule has 4 rings (SSSR count). The summed E-state index contributed by atoms with van der Waals surface area (Å²) in [5.41, 5.74) is 1.18. The third-order valence-corrected chi connectivity index (χ3v) is 6.67. The summed E-state index contributed by atoms with van der Waals surface area (Å²) >= 11 is 0. The van der Waals surface area contributed by atoms with E-state index < -0.39 is 5.97 Å². The van der Waals surface area contributed by atoms with Crippen LogP contribution in [-0.2, 0) is 9.59 Å². The number of aliphatic carboxylic acids is 1. The van der Waals surface area contributed by atoms with Crippen LogP contribution in [-0.4, -0.2) is 40.5 Å². The molecule has 1 aliphatic carbocycles. The van der Waals surface area contributed by atoms with Gasteiger partial charge in [0.05, 0.1) is 18.5 Å². The SMILES string of the molecule is O=C(CN1C2CCC1C(C(=O)O)C2)NC(c1ccccc1)C1CCCC1. The van der Waals surface area contributed by atoms with E-state index in [0.717, 1.165) is 25.7 Å². The van der Waals surface area contributed by atoms with Gasteiger partial charge in [-0.1, -0.05) is 43.2 Å². The number of carboxylic acid groups (broad SMARTS) is 1. The highest BCUT2D eigenvalue weighted by atomic mass is 16.4. The van der Waals surface area contributed by atoms with Crippen LogP contribution in [0, 0.1) is 11.8 Å². The number of carbonyl (C=O) groups is 2. The number of carboxylic acids is 1. The summed E-state index contributed by atoms with van der Waals surface area (Å²) in [6.45, 7) is 0.329. The maximum Gasteiger partial charge on any atom is 0.308 e. The van der Waals surface area contributed by atoms with Gasteiger partial charge in [-0.2, -0.15) is 0 Å². The van der Waals surface area contributed by atoms with E-state index in [1.165, 1.54) is 18.4 Å². The second-order valence-corrected chi connectivity index (χ2v) is 8.15. The zero-order valence-electron chi connectivity index (χ0n) is 15.1. The number of carbonyl (C=O) groups excluding carboxylic acids is 1. The molecule has 4 atom stereocenters. The predicted octanol–water partition coefficient (Wildman–Crippen LogP) is 2.97. The quantitative estimate of drug-likeness (QED) is 0.822. The van der Waals surface area contributed by atoms with Gasteiger partial charge in [0.1, 0.15) is 0 Å². The van der Waals surface area contributed by atoms with Crippen molar-refractivity contribution in [2.24, 2.45) is 11.8 Å². The van der Waals surface area contributed by atoms with E-state index in [9.17, 15) is 14.7 Å². The Morgan fingerprint density at radius 1 is 1.12 bits per heavy atom. The van der Waals surface area contributed by atoms with Crippen molar-refractivity contribution < 1.29 is 14.7 Å². The van der Waals surface area contributed by atoms with Crippen LogP contribution in [0.25, 0.3) is 0 Å². The lowest BCUT2D eigenvalue weighted by Gasteiger charge is -2.28. The fourth-order valence-corrected chi connectivity index (χ4v) is 5.42. The van der Waals surface area contributed by atoms with E-state index in [-0.39, 0.29) is 30.0 Å². The molecule has 0 aromatic heterocycles. The molecule has 2 saturated heterocycles. The average Bonchev–Trinajstić information content (AvgIpc) is 3.37. The van der Waals surface area contributed by atoms with Crippen LogP contribution in [0.15, 0.2) is 30.3 Å². The molecule has 2 bridgehead atoms. The zero-order chi connectivity index (χ0) is 18.1. The molecular formula is C21H28N2O3. The number of rotatable bonds is 6. The second-order valence-electron chi connectivity index (χ2n) is 8.15. The standard InChI is InChI=1S/C21H28N2O3/c24-19(13-23-16-10-11-18(23)17(12-16)21(25)26)22-20(15-8-4-5-9-15)14-6-2-1-3-7-14/h1-3,6-7,15-18,20H,4-5,8-13H2,(H,22,24)(H,25,26). The minimum absolute atomic E-state index is 0.0323. The van der Waals surface area contributed by atoms with Crippen LogP contribution in [0.3, 0.4) is 0 Å². The highest BCUT2D eigenvalue weighted by molar-refractivity contribution is 5.79. The van der Waals surface area contributed by atoms with Crippen molar-refractivity contribution >= 4 is 11.9 Å². The van der Waals surface area contributed by atoms with Crippen LogP contribution in [0.1, 0.15) is 56.6 Å². The Kier molecular flexibility index (Phi) is 4.98. The molecule has 3 fully saturated rings. The number of benzene rings is 1. The molecule has 1 saturated carbocycles. The van der Waals surface area contributed by atoms with E-state index in [1.807, 2.05) is 18.2 Å². The number of nitrogens with one attached hydrogen (secondary N) is 1. The van der Waals surface area contributed by atoms with Crippen molar-refractivity contribution in [3.8, 4) is 0 Å². The Balaban J connectivity index is 1.43. The lowest BCUT2D eigenvalue weighted by Crippen LogP contribution is -2.43. The molecule has 140 valence electrons. The number of hydrogen-bond acceptors (Lipinski definition) is 3. The van der Waals surface area contributed by atoms with Gasteiger partial charge in [-0.3, -0.25) is 14.5 Å². The largest absolute Gasteiger partial charge is 0.481 e. The van der Waals surface area contributed by atoms with Gasteiger partial charge in [0, 0.05) is 12.1 Å². The molecule has 4 unspecified atom stereocenters. The molecular weight excluding hydrogens is 328 g/mol. The molecule has 5 nitrogen and oxygen atoms in total. The van der Waals surface area contributed by atoms with Gasteiger partial charge in [0.2, 0.25) is 5.91 Å². The van der Waals surface area contributed by atoms with Crippen LogP contribution in [0.5, 0.6) is 0 Å². The summed E-state index contributed by atoms with van der Waals surface area (Å²) < 4.78 is 0. The minimum atomic E-state index is -0.712. The van der Waals surface area contributed by atoms with Gasteiger partial charge < -0.3 is 10.4 Å². The molecule has 0 spiro atoms. The van der Waals surface area contributed by atoms with E-state index >= 15 is 0 Å². The molecule has 0 radical (unpaired) electrons. The summed E-state index contributed by atoms with van der Waals surface area (Å²) in [6, 6.07) is 10.6. The summed E-state index contributed by atoms with van der Waals surface area (Å²) in [5.74, 6) is -0.478. The Hall–Kier alpha value is -1.88. The van der Waals surface area contributed by atoms with Crippen molar-refractivity contribution in [3.63, 3.8) is 0 Å². The van der Waals surface area contributed by atoms with Crippen LogP contribution in [0.2, 0.25) is 0 Å². The van der Waals surface area contributed by atoms with Gasteiger partial charge in [0.25, 0.3) is 0 Å². The molecule has 2 heterocycles. The first kappa shape index (κ1) is 17.5. The number of fused-ring (bicyclic) bond motifs is 2. The summed E-state index contributed by atoms with van der Waals surface area (Å²) in [6.07, 6.45) is 7.41. The second kappa shape index (κ2) is 7.39. The van der Waals surface area contributed by atoms with Crippen molar-refractivity contribution in [2.75, 3.05) is 6.54 Å². The molecule has 2 N–H and O–H groups in total. The monoisotopic (exact) mass is 356 g/mol. The van der Waals surface area contributed by atoms with E-state index in [2.05, 4.69) is 22.3 Å². The Labute approximate surface area is 154 Å². The fourth-order valence-electron chi connectivity index (χ4n) is 5.42. The average molecular weight is 356 g/mol. The maximum absolute atomic E-state index is 12.8. The highest BCUT2D eigenvalue weighted by Gasteiger charge is 2.49. The topological polar surface area (TPSA) is 69.6 Å². The summed E-state index contributed by atoms with van der Waals surface area (Å²) in [7, 11) is 0. The van der Waals surface area contributed by atoms with Gasteiger partial charge in [-0.05, 0) is 43.6 Å². The first-order valence-electron chi connectivity index (χ1n) is 9.96. The first-order valence-corrected chi connectivity index (χ1v) is 9.96. The van der Waals surface area contributed by atoms with Crippen LogP contribution >= 0.6 is 0 Å². The normalized spacial score (nSPS) is 29.8. The number of amides is 1.